The Morgan fingerprint density at radius 2 is 1.66 bits per heavy atom. The highest BCUT2D eigenvalue weighted by molar-refractivity contribution is 6.36. The summed E-state index contributed by atoms with van der Waals surface area (Å²) in [6, 6.07) is 22.9. The molecule has 0 bridgehead atoms. The Hall–Kier alpha value is -5.65. The Kier molecular flexibility index (Phi) is 9.41. The maximum atomic E-state index is 15.5. The minimum absolute atomic E-state index is 0.0364. The van der Waals surface area contributed by atoms with Gasteiger partial charge in [-0.3, -0.25) is 34.3 Å². The number of para-hydroxylation sites is 1. The number of ether oxygens (including phenoxy) is 2. The number of carbonyl (C=O) groups is 5. The van der Waals surface area contributed by atoms with Gasteiger partial charge in [0.2, 0.25) is 11.8 Å². The van der Waals surface area contributed by atoms with Gasteiger partial charge in [0, 0.05) is 22.1 Å². The second-order valence-corrected chi connectivity index (χ2v) is 15.3. The second-order valence-electron chi connectivity index (χ2n) is 14.5. The number of nitrogens with one attached hydrogen (secondary N) is 1. The van der Waals surface area contributed by atoms with Gasteiger partial charge >= 0.3 is 0 Å². The van der Waals surface area contributed by atoms with Crippen LogP contribution >= 0.6 is 23.2 Å². The molecule has 0 spiro atoms. The first-order valence-electron chi connectivity index (χ1n) is 18.3. The zero-order valence-corrected chi connectivity index (χ0v) is 32.1. The Morgan fingerprint density at radius 1 is 0.929 bits per heavy atom. The van der Waals surface area contributed by atoms with Crippen LogP contribution in [-0.4, -0.2) is 53.2 Å². The van der Waals surface area contributed by atoms with Crippen LogP contribution < -0.4 is 19.8 Å². The monoisotopic (exact) mass is 793 g/mol. The number of amides is 4. The van der Waals surface area contributed by atoms with Crippen LogP contribution in [0.1, 0.15) is 54.1 Å². The molecule has 4 aliphatic rings. The van der Waals surface area contributed by atoms with Gasteiger partial charge in [-0.2, -0.15) is 5.01 Å². The van der Waals surface area contributed by atoms with E-state index in [4.69, 9.17) is 32.7 Å². The van der Waals surface area contributed by atoms with Crippen LogP contribution in [0.5, 0.6) is 17.2 Å². The molecule has 3 fully saturated rings. The number of hydrogen-bond acceptors (Lipinski definition) is 9. The lowest BCUT2D eigenvalue weighted by Gasteiger charge is -2.50. The van der Waals surface area contributed by atoms with E-state index in [1.54, 1.807) is 85.8 Å². The van der Waals surface area contributed by atoms with Crippen molar-refractivity contribution in [3.63, 3.8) is 0 Å². The van der Waals surface area contributed by atoms with E-state index in [0.717, 1.165) is 5.01 Å². The summed E-state index contributed by atoms with van der Waals surface area (Å²) in [5, 5.41) is 13.5. The van der Waals surface area contributed by atoms with Crippen LogP contribution in [0.2, 0.25) is 10.0 Å². The lowest BCUT2D eigenvalue weighted by molar-refractivity contribution is -0.138. The second kappa shape index (κ2) is 14.1. The van der Waals surface area contributed by atoms with Gasteiger partial charge in [-0.05, 0) is 98.8 Å². The van der Waals surface area contributed by atoms with E-state index < -0.39 is 52.7 Å². The fourth-order valence-corrected chi connectivity index (χ4v) is 9.78. The van der Waals surface area contributed by atoms with E-state index in [9.17, 15) is 19.5 Å². The molecular formula is C43H37Cl2N3O8. The third kappa shape index (κ3) is 5.58. The summed E-state index contributed by atoms with van der Waals surface area (Å²) in [5.41, 5.74) is 3.82. The van der Waals surface area contributed by atoms with Gasteiger partial charge in [-0.25, -0.2) is 0 Å². The number of aromatic hydroxyl groups is 1. The van der Waals surface area contributed by atoms with Crippen molar-refractivity contribution >= 4 is 64.0 Å². The number of benzene rings is 4. The number of nitrogens with zero attached hydrogens (tertiary/aromatic N) is 2. The average molecular weight is 795 g/mol. The van der Waals surface area contributed by atoms with Gasteiger partial charge in [0.1, 0.15) is 5.75 Å². The summed E-state index contributed by atoms with van der Waals surface area (Å²) < 4.78 is 11.3. The van der Waals surface area contributed by atoms with Gasteiger partial charge in [-0.1, -0.05) is 59.1 Å². The van der Waals surface area contributed by atoms with Crippen molar-refractivity contribution < 1.29 is 38.6 Å². The number of methoxy groups -OCH3 is 1. The number of fused-ring (bicyclic) bond motifs is 4. The third-order valence-electron chi connectivity index (χ3n) is 11.8. The van der Waals surface area contributed by atoms with Crippen LogP contribution in [0.15, 0.2) is 96.6 Å². The van der Waals surface area contributed by atoms with Crippen molar-refractivity contribution in [2.45, 2.75) is 38.0 Å². The number of Topliss-reactive ketones (excluding diaryl/α,β-unsaturated/α-hetero) is 1. The largest absolute Gasteiger partial charge is 0.504 e. The molecule has 1 saturated carbocycles. The molecule has 2 heterocycles. The predicted molar refractivity (Wildman–Crippen MR) is 209 cm³/mol. The lowest BCUT2D eigenvalue weighted by Crippen LogP contribution is -2.53. The molecule has 2 N–H and O–H groups in total. The summed E-state index contributed by atoms with van der Waals surface area (Å²) in [7, 11) is 1.53. The first-order chi connectivity index (χ1) is 26.9. The summed E-state index contributed by atoms with van der Waals surface area (Å²) >= 11 is 12.7. The van der Waals surface area contributed by atoms with Crippen LogP contribution in [0.4, 0.5) is 11.4 Å². The fourth-order valence-electron chi connectivity index (χ4n) is 9.33. The van der Waals surface area contributed by atoms with Gasteiger partial charge in [-0.15, -0.1) is 0 Å². The SMILES string of the molecule is CCOc1cccc(C2C3=CCC4C(=O)N(c5ccc(C(C)=O)cc5)C(=O)C4C3CC3C(=O)N(Nc4ccc(Cl)cc4Cl)C(=O)C32c2ccc(OC)cc2)c1O. The first-order valence-corrected chi connectivity index (χ1v) is 19.1. The number of rotatable bonds is 9. The van der Waals surface area contributed by atoms with Crippen LogP contribution in [0.25, 0.3) is 0 Å². The van der Waals surface area contributed by atoms with E-state index in [2.05, 4.69) is 5.43 Å². The van der Waals surface area contributed by atoms with Crippen molar-refractivity contribution in [3.05, 3.63) is 123 Å². The molecule has 2 saturated heterocycles. The highest BCUT2D eigenvalue weighted by Gasteiger charge is 2.70. The number of phenols is 1. The number of hydrazine groups is 1. The molecule has 0 aromatic heterocycles. The molecule has 4 aromatic carbocycles. The maximum absolute atomic E-state index is 15.5. The molecule has 8 rings (SSSR count). The first kappa shape index (κ1) is 37.3. The van der Waals surface area contributed by atoms with E-state index in [1.165, 1.54) is 25.0 Å². The van der Waals surface area contributed by atoms with Gasteiger partial charge < -0.3 is 14.6 Å². The summed E-state index contributed by atoms with van der Waals surface area (Å²) in [6.45, 7) is 3.47. The van der Waals surface area contributed by atoms with E-state index in [1.807, 2.05) is 6.08 Å². The van der Waals surface area contributed by atoms with E-state index >= 15 is 9.59 Å². The molecule has 13 heteroatoms. The Labute approximate surface area is 332 Å². The number of imide groups is 2. The number of hydrogen-bond donors (Lipinski definition) is 2. The zero-order chi connectivity index (χ0) is 39.6. The maximum Gasteiger partial charge on any atom is 0.260 e. The molecular weight excluding hydrogens is 757 g/mol. The quantitative estimate of drug-likeness (QED) is 0.100. The minimum atomic E-state index is -1.67. The molecule has 0 radical (unpaired) electrons. The molecule has 2 aliphatic heterocycles. The molecule has 4 aromatic rings. The smallest absolute Gasteiger partial charge is 0.260 e. The number of carbonyl (C=O) groups excluding carboxylic acids is 5. The summed E-state index contributed by atoms with van der Waals surface area (Å²) in [6.07, 6.45) is 2.12. The predicted octanol–water partition coefficient (Wildman–Crippen LogP) is 7.50. The van der Waals surface area contributed by atoms with Crippen molar-refractivity contribution in [3.8, 4) is 17.2 Å². The molecule has 286 valence electrons. The topological polar surface area (TPSA) is 143 Å². The lowest BCUT2D eigenvalue weighted by atomic mass is 9.49. The van der Waals surface area contributed by atoms with Gasteiger partial charge in [0.05, 0.1) is 53.3 Å². The number of ketones is 1. The van der Waals surface area contributed by atoms with Crippen LogP contribution in [0, 0.1) is 23.7 Å². The Bertz CT molecular complexity index is 2350. The van der Waals surface area contributed by atoms with Crippen molar-refractivity contribution in [2.75, 3.05) is 24.0 Å². The summed E-state index contributed by atoms with van der Waals surface area (Å²) in [4.78, 5) is 72.4. The normalized spacial score (nSPS) is 25.4. The standard InChI is InChI=1S/C43H37Cl2N3O8/c1-4-56-35-7-5-6-30(38(35)50)37-28-17-18-29-36(41(53)47(39(29)51)26-13-8-23(9-14-26)22(2)49)31(28)21-32-40(52)48(46-34-19-12-25(44)20-33(34)45)42(54)43(32,37)24-10-15-27(55-3)16-11-24/h5-17,19-20,29,31-32,36-37,46,50H,4,18,21H2,1-3H3. The number of phenolic OH excluding ortho intramolecular Hbond substituents is 1. The van der Waals surface area contributed by atoms with Crippen molar-refractivity contribution in [2.24, 2.45) is 23.7 Å². The number of allylic oxidation sites excluding steroid dienone is 2. The molecule has 11 nitrogen and oxygen atoms in total. The van der Waals surface area contributed by atoms with Crippen molar-refractivity contribution in [1.82, 2.24) is 5.01 Å². The molecule has 56 heavy (non-hydrogen) atoms. The van der Waals surface area contributed by atoms with E-state index in [0.29, 0.717) is 38.7 Å². The number of anilines is 2. The zero-order valence-electron chi connectivity index (χ0n) is 30.6. The molecule has 4 amide bonds. The number of halogens is 2. The fraction of sp³-hybridized carbons (Fsp3) is 0.279. The highest BCUT2D eigenvalue weighted by Crippen LogP contribution is 2.65. The third-order valence-corrected chi connectivity index (χ3v) is 12.3. The van der Waals surface area contributed by atoms with E-state index in [-0.39, 0.29) is 53.3 Å². The van der Waals surface area contributed by atoms with Crippen LogP contribution in [-0.2, 0) is 24.6 Å². The van der Waals surface area contributed by atoms with Crippen LogP contribution in [0.3, 0.4) is 0 Å². The molecule has 6 atom stereocenters. The van der Waals surface area contributed by atoms with Gasteiger partial charge in [0.25, 0.3) is 11.8 Å². The summed E-state index contributed by atoms with van der Waals surface area (Å²) in [5.74, 6) is -6.02. The van der Waals surface area contributed by atoms with Crippen molar-refractivity contribution in [1.29, 1.82) is 0 Å². The van der Waals surface area contributed by atoms with Gasteiger partial charge in [0.15, 0.2) is 17.3 Å². The Balaban J connectivity index is 1.33. The average Bonchev–Trinajstić information content (AvgIpc) is 3.57. The minimum Gasteiger partial charge on any atom is -0.504 e. The molecule has 2 aliphatic carbocycles. The Morgan fingerprint density at radius 3 is 2.32 bits per heavy atom. The molecule has 6 unspecified atom stereocenters. The highest BCUT2D eigenvalue weighted by atomic mass is 35.5.